The summed E-state index contributed by atoms with van der Waals surface area (Å²) in [5.41, 5.74) is 2.94. The van der Waals surface area contributed by atoms with Crippen LogP contribution in [0.25, 0.3) is 10.9 Å². The number of hydrogen-bond acceptors (Lipinski definition) is 5. The van der Waals surface area contributed by atoms with E-state index in [1.165, 1.54) is 24.3 Å². The summed E-state index contributed by atoms with van der Waals surface area (Å²) in [4.78, 5) is 21.5. The predicted octanol–water partition coefficient (Wildman–Crippen LogP) is 5.07. The van der Waals surface area contributed by atoms with E-state index in [0.29, 0.717) is 23.7 Å². The van der Waals surface area contributed by atoms with Crippen molar-refractivity contribution in [3.63, 3.8) is 0 Å². The molecule has 156 valence electrons. The monoisotopic (exact) mass is 415 g/mol. The first-order valence-corrected chi connectivity index (χ1v) is 10.0. The fourth-order valence-corrected chi connectivity index (χ4v) is 3.14. The van der Waals surface area contributed by atoms with Crippen LogP contribution in [0.3, 0.4) is 0 Å². The molecule has 0 aliphatic heterocycles. The van der Waals surface area contributed by atoms with Gasteiger partial charge in [-0.15, -0.1) is 0 Å². The number of carbonyl (C=O) groups excluding carboxylic acids is 1. The molecule has 1 aromatic heterocycles. The highest BCUT2D eigenvalue weighted by Gasteiger charge is 2.09. The smallest absolute Gasteiger partial charge is 0.255 e. The fourth-order valence-electron chi connectivity index (χ4n) is 3.14. The third kappa shape index (κ3) is 4.95. The summed E-state index contributed by atoms with van der Waals surface area (Å²) in [6.45, 7) is 3.28. The first-order chi connectivity index (χ1) is 15.1. The van der Waals surface area contributed by atoms with Crippen molar-refractivity contribution in [1.82, 2.24) is 9.97 Å². The van der Waals surface area contributed by atoms with Crippen LogP contribution >= 0.6 is 0 Å². The van der Waals surface area contributed by atoms with Gasteiger partial charge < -0.3 is 16.0 Å². The molecule has 4 rings (SSSR count). The number of para-hydroxylation sites is 1. The van der Waals surface area contributed by atoms with Gasteiger partial charge in [0, 0.05) is 29.7 Å². The van der Waals surface area contributed by atoms with Gasteiger partial charge in [-0.1, -0.05) is 24.3 Å². The molecular weight excluding hydrogens is 393 g/mol. The van der Waals surface area contributed by atoms with Gasteiger partial charge in [0.25, 0.3) is 5.91 Å². The summed E-state index contributed by atoms with van der Waals surface area (Å²) in [5, 5.41) is 10.2. The maximum Gasteiger partial charge on any atom is 0.255 e. The number of nitrogens with zero attached hydrogens (tertiary/aromatic N) is 2. The number of fused-ring (bicyclic) bond motifs is 1. The van der Waals surface area contributed by atoms with Crippen LogP contribution in [0.2, 0.25) is 0 Å². The van der Waals surface area contributed by atoms with Crippen molar-refractivity contribution >= 4 is 34.3 Å². The number of hydrogen-bond donors (Lipinski definition) is 3. The van der Waals surface area contributed by atoms with Gasteiger partial charge in [0.1, 0.15) is 11.6 Å². The van der Waals surface area contributed by atoms with Crippen LogP contribution in [0.15, 0.2) is 72.8 Å². The average Bonchev–Trinajstić information content (AvgIpc) is 2.79. The number of nitrogens with one attached hydrogen (secondary N) is 3. The highest BCUT2D eigenvalue weighted by molar-refractivity contribution is 6.04. The summed E-state index contributed by atoms with van der Waals surface area (Å²) in [6, 6.07) is 20.8. The van der Waals surface area contributed by atoms with Crippen molar-refractivity contribution in [2.24, 2.45) is 0 Å². The van der Waals surface area contributed by atoms with Crippen molar-refractivity contribution in [2.75, 3.05) is 22.5 Å². The Morgan fingerprint density at radius 2 is 1.65 bits per heavy atom. The molecular formula is C24H22FN5O. The Labute approximate surface area is 179 Å². The van der Waals surface area contributed by atoms with E-state index in [1.54, 1.807) is 12.1 Å². The first kappa shape index (κ1) is 20.3. The normalized spacial score (nSPS) is 10.6. The second-order valence-electron chi connectivity index (χ2n) is 6.95. The van der Waals surface area contributed by atoms with Gasteiger partial charge in [-0.3, -0.25) is 4.79 Å². The molecule has 31 heavy (non-hydrogen) atoms. The van der Waals surface area contributed by atoms with Crippen molar-refractivity contribution < 1.29 is 9.18 Å². The van der Waals surface area contributed by atoms with E-state index in [1.807, 2.05) is 43.3 Å². The topological polar surface area (TPSA) is 78.9 Å². The third-order valence-corrected chi connectivity index (χ3v) is 4.72. The Hall–Kier alpha value is -4.00. The zero-order valence-electron chi connectivity index (χ0n) is 17.0. The quantitative estimate of drug-likeness (QED) is 0.393. The predicted molar refractivity (Wildman–Crippen MR) is 122 cm³/mol. The lowest BCUT2D eigenvalue weighted by molar-refractivity contribution is 0.102. The number of carbonyl (C=O) groups is 1. The van der Waals surface area contributed by atoms with Crippen LogP contribution in [0.5, 0.6) is 0 Å². The largest absolute Gasteiger partial charge is 0.365 e. The Kier molecular flexibility index (Phi) is 6.03. The highest BCUT2D eigenvalue weighted by atomic mass is 19.1. The van der Waals surface area contributed by atoms with Crippen molar-refractivity contribution in [3.05, 3.63) is 89.7 Å². The molecule has 1 amide bonds. The molecule has 3 N–H and O–H groups in total. The number of rotatable bonds is 7. The van der Waals surface area contributed by atoms with E-state index in [4.69, 9.17) is 0 Å². The van der Waals surface area contributed by atoms with E-state index < -0.39 is 0 Å². The molecule has 0 bridgehead atoms. The fraction of sp³-hybridized carbons (Fsp3) is 0.125. The van der Waals surface area contributed by atoms with E-state index in [-0.39, 0.29) is 11.7 Å². The molecule has 0 aliphatic rings. The lowest BCUT2D eigenvalue weighted by Gasteiger charge is -2.12. The number of halogens is 1. The molecule has 3 aromatic carbocycles. The molecule has 0 aliphatic carbocycles. The molecule has 0 unspecified atom stereocenters. The van der Waals surface area contributed by atoms with Gasteiger partial charge in [-0.05, 0) is 61.0 Å². The molecule has 0 radical (unpaired) electrons. The van der Waals surface area contributed by atoms with Gasteiger partial charge in [0.15, 0.2) is 0 Å². The SMILES string of the molecule is CCNc1nc(NCc2ccc(C(=O)Nc3ccc(F)cc3)cc2)c2ccccc2n1. The molecule has 7 heteroatoms. The number of amides is 1. The molecule has 0 fully saturated rings. The Bertz CT molecular complexity index is 1190. The second kappa shape index (κ2) is 9.21. The molecule has 4 aromatic rings. The van der Waals surface area contributed by atoms with E-state index >= 15 is 0 Å². The van der Waals surface area contributed by atoms with E-state index in [9.17, 15) is 9.18 Å². The number of benzene rings is 3. The number of anilines is 3. The summed E-state index contributed by atoms with van der Waals surface area (Å²) in [7, 11) is 0. The van der Waals surface area contributed by atoms with Crippen molar-refractivity contribution in [2.45, 2.75) is 13.5 Å². The minimum absolute atomic E-state index is 0.247. The first-order valence-electron chi connectivity index (χ1n) is 10.0. The average molecular weight is 415 g/mol. The second-order valence-corrected chi connectivity index (χ2v) is 6.95. The summed E-state index contributed by atoms with van der Waals surface area (Å²) in [5.74, 6) is 0.739. The van der Waals surface area contributed by atoms with E-state index in [0.717, 1.165) is 28.8 Å². The minimum atomic E-state index is -0.344. The maximum absolute atomic E-state index is 13.0. The summed E-state index contributed by atoms with van der Waals surface area (Å²) in [6.07, 6.45) is 0. The molecule has 0 spiro atoms. The van der Waals surface area contributed by atoms with Gasteiger partial charge >= 0.3 is 0 Å². The standard InChI is InChI=1S/C24H22FN5O/c1-2-26-24-29-21-6-4-3-5-20(21)22(30-24)27-15-16-7-9-17(10-8-16)23(31)28-19-13-11-18(25)12-14-19/h3-14H,2,15H2,1H3,(H,28,31)(H2,26,27,29,30). The molecule has 0 saturated heterocycles. The van der Waals surface area contributed by atoms with Gasteiger partial charge in [0.2, 0.25) is 5.95 Å². The lowest BCUT2D eigenvalue weighted by Crippen LogP contribution is -2.12. The summed E-state index contributed by atoms with van der Waals surface area (Å²) >= 11 is 0. The Balaban J connectivity index is 1.45. The maximum atomic E-state index is 13.0. The van der Waals surface area contributed by atoms with Crippen molar-refractivity contribution in [3.8, 4) is 0 Å². The Morgan fingerprint density at radius 1 is 0.903 bits per heavy atom. The zero-order chi connectivity index (χ0) is 21.6. The van der Waals surface area contributed by atoms with Crippen LogP contribution in [-0.2, 0) is 6.54 Å². The molecule has 0 saturated carbocycles. The van der Waals surface area contributed by atoms with Crippen LogP contribution in [-0.4, -0.2) is 22.4 Å². The lowest BCUT2D eigenvalue weighted by atomic mass is 10.1. The van der Waals surface area contributed by atoms with Gasteiger partial charge in [0.05, 0.1) is 5.52 Å². The molecule has 0 atom stereocenters. The highest BCUT2D eigenvalue weighted by Crippen LogP contribution is 2.22. The van der Waals surface area contributed by atoms with Crippen molar-refractivity contribution in [1.29, 1.82) is 0 Å². The van der Waals surface area contributed by atoms with Gasteiger partial charge in [-0.2, -0.15) is 4.98 Å². The van der Waals surface area contributed by atoms with Gasteiger partial charge in [-0.25, -0.2) is 9.37 Å². The van der Waals surface area contributed by atoms with Crippen LogP contribution < -0.4 is 16.0 Å². The molecule has 1 heterocycles. The van der Waals surface area contributed by atoms with E-state index in [2.05, 4.69) is 25.9 Å². The summed E-state index contributed by atoms with van der Waals surface area (Å²) < 4.78 is 13.0. The number of aromatic nitrogens is 2. The van der Waals surface area contributed by atoms with Crippen LogP contribution in [0.1, 0.15) is 22.8 Å². The Morgan fingerprint density at radius 3 is 2.39 bits per heavy atom. The molecule has 6 nitrogen and oxygen atoms in total. The minimum Gasteiger partial charge on any atom is -0.365 e. The zero-order valence-corrected chi connectivity index (χ0v) is 17.0. The van der Waals surface area contributed by atoms with Crippen LogP contribution in [0.4, 0.5) is 21.8 Å². The van der Waals surface area contributed by atoms with Crippen LogP contribution in [0, 0.1) is 5.82 Å². The third-order valence-electron chi connectivity index (χ3n) is 4.72.